The van der Waals surface area contributed by atoms with Crippen molar-refractivity contribution in [3.63, 3.8) is 0 Å². The number of rotatable bonds is 5. The molecule has 8 heteroatoms. The van der Waals surface area contributed by atoms with Crippen LogP contribution in [0.1, 0.15) is 32.3 Å². The quantitative estimate of drug-likeness (QED) is 0.724. The number of carbonyl (C=O) groups is 2. The normalized spacial score (nSPS) is 11.9. The molecule has 128 valence electrons. The third kappa shape index (κ3) is 5.55. The van der Waals surface area contributed by atoms with Crippen LogP contribution in [0.5, 0.6) is 0 Å². The molecular weight excluding hydrogens is 313 g/mol. The first-order chi connectivity index (χ1) is 10.6. The summed E-state index contributed by atoms with van der Waals surface area (Å²) >= 11 is 0. The molecule has 0 unspecified atom stereocenters. The van der Waals surface area contributed by atoms with Gasteiger partial charge in [0.2, 0.25) is 0 Å². The van der Waals surface area contributed by atoms with E-state index in [0.717, 1.165) is 18.2 Å². The Kier molecular flexibility index (Phi) is 6.14. The van der Waals surface area contributed by atoms with E-state index >= 15 is 0 Å². The monoisotopic (exact) mass is 332 g/mol. The molecule has 5 nitrogen and oxygen atoms in total. The second-order valence-electron chi connectivity index (χ2n) is 5.15. The summed E-state index contributed by atoms with van der Waals surface area (Å²) in [5.41, 5.74) is -2.19. The predicted octanol–water partition coefficient (Wildman–Crippen LogP) is 2.31. The minimum atomic E-state index is -4.54. The van der Waals surface area contributed by atoms with Crippen LogP contribution in [0.25, 0.3) is 0 Å². The summed E-state index contributed by atoms with van der Waals surface area (Å²) in [6.45, 7) is 3.35. The number of amides is 2. The number of halogens is 3. The second-order valence-corrected chi connectivity index (χ2v) is 5.15. The summed E-state index contributed by atoms with van der Waals surface area (Å²) in [5, 5.41) is 14.4. The van der Waals surface area contributed by atoms with Crippen molar-refractivity contribution in [2.75, 3.05) is 11.9 Å². The van der Waals surface area contributed by atoms with E-state index in [1.54, 1.807) is 13.8 Å². The highest BCUT2D eigenvalue weighted by Gasteiger charge is 2.30. The predicted molar refractivity (Wildman–Crippen MR) is 78.6 cm³/mol. The largest absolute Gasteiger partial charge is 0.416 e. The van der Waals surface area contributed by atoms with E-state index in [2.05, 4.69) is 10.6 Å². The van der Waals surface area contributed by atoms with Crippen molar-refractivity contribution in [1.82, 2.24) is 5.32 Å². The molecule has 0 heterocycles. The number of alkyl halides is 3. The van der Waals surface area contributed by atoms with Crippen LogP contribution in [-0.2, 0) is 15.8 Å². The highest BCUT2D eigenvalue weighted by molar-refractivity contribution is 6.39. The van der Waals surface area contributed by atoms with Crippen molar-refractivity contribution < 1.29 is 27.9 Å². The molecule has 0 saturated heterocycles. The zero-order valence-corrected chi connectivity index (χ0v) is 12.8. The number of nitrogens with one attached hydrogen (secondary N) is 2. The third-order valence-electron chi connectivity index (χ3n) is 3.55. The molecule has 0 radical (unpaired) electrons. The smallest absolute Gasteiger partial charge is 0.388 e. The van der Waals surface area contributed by atoms with Crippen LogP contribution in [0.4, 0.5) is 18.9 Å². The van der Waals surface area contributed by atoms with Gasteiger partial charge in [-0.1, -0.05) is 19.9 Å². The topological polar surface area (TPSA) is 78.4 Å². The van der Waals surface area contributed by atoms with Crippen molar-refractivity contribution in [2.24, 2.45) is 0 Å². The van der Waals surface area contributed by atoms with Gasteiger partial charge >= 0.3 is 18.0 Å². The lowest BCUT2D eigenvalue weighted by Gasteiger charge is -2.25. The summed E-state index contributed by atoms with van der Waals surface area (Å²) < 4.78 is 37.7. The van der Waals surface area contributed by atoms with Gasteiger partial charge in [-0.2, -0.15) is 13.2 Å². The van der Waals surface area contributed by atoms with E-state index < -0.39 is 29.2 Å². The van der Waals surface area contributed by atoms with Gasteiger partial charge in [-0.3, -0.25) is 9.59 Å². The van der Waals surface area contributed by atoms with Crippen molar-refractivity contribution in [3.8, 4) is 0 Å². The van der Waals surface area contributed by atoms with Crippen LogP contribution >= 0.6 is 0 Å². The molecule has 0 spiro atoms. The van der Waals surface area contributed by atoms with E-state index in [4.69, 9.17) is 0 Å². The van der Waals surface area contributed by atoms with Crippen molar-refractivity contribution in [2.45, 2.75) is 38.5 Å². The number of carbonyl (C=O) groups excluding carboxylic acids is 2. The molecule has 0 saturated carbocycles. The Bertz CT molecular complexity index is 569. The highest BCUT2D eigenvalue weighted by atomic mass is 19.4. The molecule has 23 heavy (non-hydrogen) atoms. The highest BCUT2D eigenvalue weighted by Crippen LogP contribution is 2.30. The van der Waals surface area contributed by atoms with Gasteiger partial charge in [0.15, 0.2) is 0 Å². The van der Waals surface area contributed by atoms with Crippen LogP contribution < -0.4 is 10.6 Å². The van der Waals surface area contributed by atoms with Crippen LogP contribution in [0.2, 0.25) is 0 Å². The fraction of sp³-hybridized carbons (Fsp3) is 0.467. The van der Waals surface area contributed by atoms with E-state index in [9.17, 15) is 27.9 Å². The van der Waals surface area contributed by atoms with Crippen molar-refractivity contribution in [3.05, 3.63) is 29.8 Å². The Labute approximate surface area is 131 Å². The Hall–Kier alpha value is -2.09. The molecular formula is C15H19F3N2O3. The lowest BCUT2D eigenvalue weighted by molar-refractivity contribution is -0.137. The van der Waals surface area contributed by atoms with Crippen LogP contribution in [0.3, 0.4) is 0 Å². The maximum atomic E-state index is 12.6. The maximum Gasteiger partial charge on any atom is 0.416 e. The Morgan fingerprint density at radius 1 is 1.13 bits per heavy atom. The van der Waals surface area contributed by atoms with E-state index in [0.29, 0.717) is 12.8 Å². The van der Waals surface area contributed by atoms with Crippen LogP contribution in [0.15, 0.2) is 24.3 Å². The Morgan fingerprint density at radius 3 is 2.26 bits per heavy atom. The van der Waals surface area contributed by atoms with Gasteiger partial charge < -0.3 is 15.7 Å². The number of benzene rings is 1. The molecule has 0 aliphatic carbocycles. The minimum Gasteiger partial charge on any atom is -0.388 e. The molecule has 3 N–H and O–H groups in total. The standard InChI is InChI=1S/C15H19F3N2O3/c1-3-14(23,4-2)9-19-12(21)13(22)20-11-7-5-6-10(8-11)15(16,17)18/h5-8,23H,3-4,9H2,1-2H3,(H,19,21)(H,20,22). The summed E-state index contributed by atoms with van der Waals surface area (Å²) in [6.07, 6.45) is -3.76. The van der Waals surface area contributed by atoms with E-state index in [1.807, 2.05) is 0 Å². The molecule has 0 fully saturated rings. The van der Waals surface area contributed by atoms with Gasteiger partial charge in [0, 0.05) is 12.2 Å². The third-order valence-corrected chi connectivity index (χ3v) is 3.55. The molecule has 0 aliphatic rings. The summed E-state index contributed by atoms with van der Waals surface area (Å²) in [4.78, 5) is 23.3. The second kappa shape index (κ2) is 7.45. The van der Waals surface area contributed by atoms with Crippen LogP contribution in [-0.4, -0.2) is 29.1 Å². The minimum absolute atomic E-state index is 0.116. The number of anilines is 1. The molecule has 1 aromatic carbocycles. The van der Waals surface area contributed by atoms with Gasteiger partial charge in [0.1, 0.15) is 0 Å². The summed E-state index contributed by atoms with van der Waals surface area (Å²) in [5.74, 6) is -2.12. The first kappa shape index (κ1) is 19.0. The van der Waals surface area contributed by atoms with Gasteiger partial charge in [-0.05, 0) is 31.0 Å². The fourth-order valence-electron chi connectivity index (χ4n) is 1.79. The Morgan fingerprint density at radius 2 is 1.74 bits per heavy atom. The van der Waals surface area contributed by atoms with Gasteiger partial charge in [-0.25, -0.2) is 0 Å². The molecule has 1 aromatic rings. The molecule has 0 aliphatic heterocycles. The summed E-state index contributed by atoms with van der Waals surface area (Å²) in [6, 6.07) is 3.97. The molecule has 1 rings (SSSR count). The zero-order valence-electron chi connectivity index (χ0n) is 12.8. The Balaban J connectivity index is 2.68. The van der Waals surface area contributed by atoms with Crippen LogP contribution in [0, 0.1) is 0 Å². The van der Waals surface area contributed by atoms with E-state index in [-0.39, 0.29) is 12.2 Å². The van der Waals surface area contributed by atoms with Gasteiger partial charge in [0.25, 0.3) is 0 Å². The van der Waals surface area contributed by atoms with Gasteiger partial charge in [-0.15, -0.1) is 0 Å². The summed E-state index contributed by atoms with van der Waals surface area (Å²) in [7, 11) is 0. The SMILES string of the molecule is CCC(O)(CC)CNC(=O)C(=O)Nc1cccc(C(F)(F)F)c1. The lowest BCUT2D eigenvalue weighted by Crippen LogP contribution is -2.45. The molecule has 2 amide bonds. The van der Waals surface area contributed by atoms with E-state index in [1.165, 1.54) is 6.07 Å². The fourth-order valence-corrected chi connectivity index (χ4v) is 1.79. The van der Waals surface area contributed by atoms with Crippen molar-refractivity contribution >= 4 is 17.5 Å². The van der Waals surface area contributed by atoms with Gasteiger partial charge in [0.05, 0.1) is 11.2 Å². The maximum absolute atomic E-state index is 12.6. The molecule has 0 atom stereocenters. The van der Waals surface area contributed by atoms with Crippen molar-refractivity contribution in [1.29, 1.82) is 0 Å². The lowest BCUT2D eigenvalue weighted by atomic mass is 9.98. The number of hydrogen-bond donors (Lipinski definition) is 3. The average Bonchev–Trinajstić information content (AvgIpc) is 2.51. The number of aliphatic hydroxyl groups is 1. The first-order valence-corrected chi connectivity index (χ1v) is 7.10. The zero-order chi connectivity index (χ0) is 17.7. The molecule has 0 bridgehead atoms. The first-order valence-electron chi connectivity index (χ1n) is 7.10. The number of hydrogen-bond acceptors (Lipinski definition) is 3. The average molecular weight is 332 g/mol. The molecule has 0 aromatic heterocycles.